The van der Waals surface area contributed by atoms with Crippen molar-refractivity contribution in [2.24, 2.45) is 0 Å². The van der Waals surface area contributed by atoms with Gasteiger partial charge in [0.05, 0.1) is 17.1 Å². The van der Waals surface area contributed by atoms with Crippen LogP contribution in [0.4, 0.5) is 4.79 Å². The molecular formula is C19H28BrN2O4S+. The first-order valence-electron chi connectivity index (χ1n) is 9.06. The average Bonchev–Trinajstić information content (AvgIpc) is 2.61. The van der Waals surface area contributed by atoms with Crippen LogP contribution in [-0.4, -0.2) is 61.3 Å². The van der Waals surface area contributed by atoms with Crippen LogP contribution in [0.25, 0.3) is 0 Å². The summed E-state index contributed by atoms with van der Waals surface area (Å²) in [7, 11) is 1.62. The minimum absolute atomic E-state index is 0.179. The highest BCUT2D eigenvalue weighted by Gasteiger charge is 2.31. The van der Waals surface area contributed by atoms with Crippen molar-refractivity contribution in [2.45, 2.75) is 38.0 Å². The largest absolute Gasteiger partial charge is 0.495 e. The van der Waals surface area contributed by atoms with Crippen LogP contribution >= 0.6 is 15.9 Å². The molecule has 0 aromatic heterocycles. The highest BCUT2D eigenvalue weighted by atomic mass is 79.9. The predicted octanol–water partition coefficient (Wildman–Crippen LogP) is 3.87. The number of halogens is 1. The Balaban J connectivity index is 1.88. The molecule has 27 heavy (non-hydrogen) atoms. The van der Waals surface area contributed by atoms with Crippen LogP contribution in [0.3, 0.4) is 0 Å². The Morgan fingerprint density at radius 1 is 1.26 bits per heavy atom. The zero-order valence-corrected chi connectivity index (χ0v) is 18.8. The summed E-state index contributed by atoms with van der Waals surface area (Å²) < 4.78 is 23.5. The van der Waals surface area contributed by atoms with Gasteiger partial charge in [0.2, 0.25) is 0 Å². The van der Waals surface area contributed by atoms with E-state index in [4.69, 9.17) is 9.47 Å². The number of ether oxygens (including phenoxy) is 2. The van der Waals surface area contributed by atoms with Gasteiger partial charge in [0, 0.05) is 43.4 Å². The molecule has 1 fully saturated rings. The number of piperazine rings is 1. The van der Waals surface area contributed by atoms with E-state index in [1.807, 2.05) is 39.0 Å². The van der Waals surface area contributed by atoms with Gasteiger partial charge in [0.15, 0.2) is 0 Å². The minimum atomic E-state index is -0.476. The van der Waals surface area contributed by atoms with Gasteiger partial charge in [-0.1, -0.05) is 6.07 Å². The maximum absolute atomic E-state index is 12.1. The van der Waals surface area contributed by atoms with Crippen LogP contribution in [0.2, 0.25) is 0 Å². The van der Waals surface area contributed by atoms with Gasteiger partial charge in [-0.3, -0.25) is 4.90 Å². The molecule has 8 heteroatoms. The molecule has 1 atom stereocenters. The molecule has 0 N–H and O–H groups in total. The number of benzene rings is 1. The lowest BCUT2D eigenvalue weighted by Gasteiger charge is -2.35. The summed E-state index contributed by atoms with van der Waals surface area (Å²) in [5.41, 5.74) is 0.440. The van der Waals surface area contributed by atoms with Crippen molar-refractivity contribution in [3.63, 3.8) is 0 Å². The van der Waals surface area contributed by atoms with Gasteiger partial charge < -0.3 is 14.4 Å². The zero-order valence-electron chi connectivity index (χ0n) is 16.4. The van der Waals surface area contributed by atoms with E-state index in [1.54, 1.807) is 12.0 Å². The van der Waals surface area contributed by atoms with Crippen molar-refractivity contribution >= 4 is 33.7 Å². The first-order valence-corrected chi connectivity index (χ1v) is 10.7. The number of nitrogens with zero attached hydrogens (tertiary/aromatic N) is 2. The Morgan fingerprint density at radius 2 is 1.93 bits per heavy atom. The van der Waals surface area contributed by atoms with Crippen molar-refractivity contribution in [2.75, 3.05) is 39.8 Å². The van der Waals surface area contributed by atoms with Crippen LogP contribution in [0.5, 0.6) is 5.75 Å². The molecule has 1 saturated heterocycles. The molecule has 1 aliphatic heterocycles. The van der Waals surface area contributed by atoms with Crippen LogP contribution in [0, 0.1) is 0 Å². The first kappa shape index (κ1) is 22.0. The zero-order chi connectivity index (χ0) is 20.0. The van der Waals surface area contributed by atoms with Gasteiger partial charge in [-0.15, -0.1) is 0 Å². The highest BCUT2D eigenvalue weighted by molar-refractivity contribution is 9.10. The molecule has 1 heterocycles. The number of amides is 1. The fourth-order valence-corrected chi connectivity index (χ4v) is 4.06. The van der Waals surface area contributed by atoms with Gasteiger partial charge in [0.1, 0.15) is 11.4 Å². The molecule has 0 saturated carbocycles. The molecule has 6 nitrogen and oxygen atoms in total. The SMILES string of the molecule is COc1c(Br)cccc1C(CCN1CCN(C(=O)OC(C)(C)C)CC1)[S+]=O. The normalized spacial score (nSPS) is 16.7. The highest BCUT2D eigenvalue weighted by Crippen LogP contribution is 2.35. The third-order valence-electron chi connectivity index (χ3n) is 4.40. The summed E-state index contributed by atoms with van der Waals surface area (Å²) >= 11 is 4.08. The second-order valence-corrected chi connectivity index (χ2v) is 9.16. The van der Waals surface area contributed by atoms with Gasteiger partial charge in [-0.2, -0.15) is 0 Å². The molecule has 1 aromatic carbocycles. The van der Waals surface area contributed by atoms with E-state index in [0.29, 0.717) is 24.8 Å². The summed E-state index contributed by atoms with van der Waals surface area (Å²) in [5, 5.41) is -0.179. The summed E-state index contributed by atoms with van der Waals surface area (Å²) in [6, 6.07) is 5.77. The van der Waals surface area contributed by atoms with Crippen LogP contribution in [0.1, 0.15) is 38.0 Å². The van der Waals surface area contributed by atoms with E-state index in [0.717, 1.165) is 41.8 Å². The van der Waals surface area contributed by atoms with Gasteiger partial charge >= 0.3 is 17.8 Å². The Hall–Kier alpha value is -1.25. The monoisotopic (exact) mass is 459 g/mol. The molecule has 1 aromatic rings. The van der Waals surface area contributed by atoms with E-state index >= 15 is 0 Å². The lowest BCUT2D eigenvalue weighted by Crippen LogP contribution is -2.50. The molecule has 1 aliphatic rings. The topological polar surface area (TPSA) is 59.1 Å². The number of carbonyl (C=O) groups excluding carboxylic acids is 1. The summed E-state index contributed by atoms with van der Waals surface area (Å²) in [6.45, 7) is 9.27. The van der Waals surface area contributed by atoms with Crippen molar-refractivity contribution in [1.29, 1.82) is 0 Å². The molecule has 150 valence electrons. The Bertz CT molecular complexity index is 658. The molecular weight excluding hydrogens is 432 g/mol. The van der Waals surface area contributed by atoms with E-state index in [2.05, 4.69) is 20.8 Å². The number of hydrogen-bond acceptors (Lipinski definition) is 5. The maximum Gasteiger partial charge on any atom is 0.467 e. The number of para-hydroxylation sites is 1. The number of hydrogen-bond donors (Lipinski definition) is 0. The lowest BCUT2D eigenvalue weighted by molar-refractivity contribution is 0.0144. The fraction of sp³-hybridized carbons (Fsp3) is 0.632. The quantitative estimate of drug-likeness (QED) is 0.604. The fourth-order valence-electron chi connectivity index (χ4n) is 3.03. The number of carbonyl (C=O) groups is 1. The van der Waals surface area contributed by atoms with Crippen LogP contribution in [0.15, 0.2) is 22.7 Å². The second kappa shape index (κ2) is 9.80. The van der Waals surface area contributed by atoms with Gasteiger partial charge in [0.25, 0.3) is 5.25 Å². The second-order valence-electron chi connectivity index (χ2n) is 7.54. The molecule has 0 aliphatic carbocycles. The first-order chi connectivity index (χ1) is 12.7. The number of methoxy groups -OCH3 is 1. The summed E-state index contributed by atoms with van der Waals surface area (Å²) in [6.07, 6.45) is 0.474. The molecule has 0 spiro atoms. The van der Waals surface area contributed by atoms with Crippen LogP contribution < -0.4 is 4.74 Å². The molecule has 1 amide bonds. The number of rotatable bonds is 6. The molecule has 0 radical (unpaired) electrons. The van der Waals surface area contributed by atoms with Gasteiger partial charge in [-0.25, -0.2) is 4.79 Å². The van der Waals surface area contributed by atoms with E-state index < -0.39 is 5.60 Å². The Kier molecular flexibility index (Phi) is 8.00. The van der Waals surface area contributed by atoms with Crippen molar-refractivity contribution in [1.82, 2.24) is 9.80 Å². The predicted molar refractivity (Wildman–Crippen MR) is 110 cm³/mol. The Labute approximate surface area is 173 Å². The van der Waals surface area contributed by atoms with E-state index in [1.165, 1.54) is 0 Å². The van der Waals surface area contributed by atoms with Gasteiger partial charge in [-0.05, 0) is 48.8 Å². The minimum Gasteiger partial charge on any atom is -0.495 e. The average molecular weight is 460 g/mol. The Morgan fingerprint density at radius 3 is 2.48 bits per heavy atom. The third-order valence-corrected chi connectivity index (χ3v) is 5.74. The van der Waals surface area contributed by atoms with Crippen molar-refractivity contribution in [3.8, 4) is 5.75 Å². The smallest absolute Gasteiger partial charge is 0.467 e. The summed E-state index contributed by atoms with van der Waals surface area (Å²) in [4.78, 5) is 16.2. The molecule has 1 unspecified atom stereocenters. The maximum atomic E-state index is 12.1. The molecule has 2 rings (SSSR count). The lowest BCUT2D eigenvalue weighted by atomic mass is 10.1. The van der Waals surface area contributed by atoms with Crippen LogP contribution in [-0.2, 0) is 20.6 Å². The van der Waals surface area contributed by atoms with Crippen molar-refractivity contribution in [3.05, 3.63) is 28.2 Å². The molecule has 0 bridgehead atoms. The van der Waals surface area contributed by atoms with E-state index in [9.17, 15) is 9.00 Å². The summed E-state index contributed by atoms with van der Waals surface area (Å²) in [5.74, 6) is 0.723. The standard InChI is InChI=1S/C19H28BrN2O4S/c1-19(2,3)26-18(23)22-12-10-21(11-13-22)9-8-16(27-24)14-6-5-7-15(20)17(14)25-4/h5-7,16H,8-13H2,1-4H3/q+1. The third kappa shape index (κ3) is 6.40. The van der Waals surface area contributed by atoms with Crippen molar-refractivity contribution < 1.29 is 18.5 Å². The van der Waals surface area contributed by atoms with E-state index in [-0.39, 0.29) is 11.3 Å².